The second-order valence-corrected chi connectivity index (χ2v) is 4.68. The quantitative estimate of drug-likeness (QED) is 0.874. The third-order valence-corrected chi connectivity index (χ3v) is 3.11. The molecule has 0 radical (unpaired) electrons. The summed E-state index contributed by atoms with van der Waals surface area (Å²) in [5.74, 6) is -0.184. The van der Waals surface area contributed by atoms with Gasteiger partial charge < -0.3 is 16.2 Å². The van der Waals surface area contributed by atoms with Gasteiger partial charge in [-0.1, -0.05) is 0 Å². The summed E-state index contributed by atoms with van der Waals surface area (Å²) >= 11 is 3.11. The third kappa shape index (κ3) is 3.17. The van der Waals surface area contributed by atoms with Crippen LogP contribution in [0.5, 0.6) is 5.75 Å². The zero-order valence-electron chi connectivity index (χ0n) is 10.3. The average Bonchev–Trinajstić information content (AvgIpc) is 2.40. The molecule has 0 bridgehead atoms. The number of nitrogen functional groups attached to an aromatic ring is 2. The molecule has 0 aliphatic heterocycles. The Morgan fingerprint density at radius 1 is 1.29 bits per heavy atom. The van der Waals surface area contributed by atoms with Crippen molar-refractivity contribution in [3.05, 3.63) is 28.2 Å². The fourth-order valence-corrected chi connectivity index (χ4v) is 2.13. The Bertz CT molecular complexity index is 732. The lowest BCUT2D eigenvalue weighted by atomic mass is 10.1. The van der Waals surface area contributed by atoms with E-state index in [1.54, 1.807) is 0 Å². The lowest BCUT2D eigenvalue weighted by Gasteiger charge is -2.10. The van der Waals surface area contributed by atoms with E-state index < -0.39 is 6.61 Å². The summed E-state index contributed by atoms with van der Waals surface area (Å²) < 4.78 is 29.0. The molecule has 21 heavy (non-hydrogen) atoms. The first kappa shape index (κ1) is 14.9. The fraction of sp³-hybridized carbons (Fsp3) is 0.0833. The summed E-state index contributed by atoms with van der Waals surface area (Å²) in [5.41, 5.74) is 11.8. The molecule has 0 saturated heterocycles. The number of ether oxygens (including phenoxy) is 1. The molecule has 6 nitrogen and oxygen atoms in total. The molecule has 0 fully saturated rings. The van der Waals surface area contributed by atoms with Crippen molar-refractivity contribution in [1.29, 1.82) is 5.26 Å². The standard InChI is InChI=1S/C12H8BrF2N5O/c13-7-3-5(1-2-8(7)21-11(14)15)9-6(4-16)10(17)20-12(18)19-9/h1-3,11H,(H4,17,18,19,20). The van der Waals surface area contributed by atoms with Gasteiger partial charge in [-0.25, -0.2) is 4.98 Å². The van der Waals surface area contributed by atoms with E-state index in [1.165, 1.54) is 18.2 Å². The smallest absolute Gasteiger partial charge is 0.387 e. The first-order valence-corrected chi connectivity index (χ1v) is 6.29. The maximum absolute atomic E-state index is 12.2. The molecule has 0 atom stereocenters. The van der Waals surface area contributed by atoms with E-state index in [0.29, 0.717) is 5.56 Å². The molecule has 1 aromatic carbocycles. The summed E-state index contributed by atoms with van der Waals surface area (Å²) in [6, 6.07) is 6.14. The highest BCUT2D eigenvalue weighted by molar-refractivity contribution is 9.10. The van der Waals surface area contributed by atoms with Crippen LogP contribution in [0.15, 0.2) is 22.7 Å². The molecule has 108 valence electrons. The Kier molecular flexibility index (Phi) is 4.18. The number of alkyl halides is 2. The maximum atomic E-state index is 12.2. The number of rotatable bonds is 3. The van der Waals surface area contributed by atoms with E-state index in [0.717, 1.165) is 0 Å². The summed E-state index contributed by atoms with van der Waals surface area (Å²) in [6.45, 7) is -2.94. The summed E-state index contributed by atoms with van der Waals surface area (Å²) in [6.07, 6.45) is 0. The Morgan fingerprint density at radius 3 is 2.57 bits per heavy atom. The second-order valence-electron chi connectivity index (χ2n) is 3.83. The van der Waals surface area contributed by atoms with Gasteiger partial charge >= 0.3 is 6.61 Å². The zero-order chi connectivity index (χ0) is 15.6. The zero-order valence-corrected chi connectivity index (χ0v) is 11.9. The normalized spacial score (nSPS) is 10.4. The number of nitriles is 1. The average molecular weight is 356 g/mol. The molecule has 0 aliphatic carbocycles. The van der Waals surface area contributed by atoms with Gasteiger partial charge in [0.2, 0.25) is 5.95 Å². The number of benzene rings is 1. The number of hydrogen-bond donors (Lipinski definition) is 2. The van der Waals surface area contributed by atoms with Crippen molar-refractivity contribution >= 4 is 27.7 Å². The molecule has 0 amide bonds. The van der Waals surface area contributed by atoms with Crippen LogP contribution in [0.2, 0.25) is 0 Å². The molecule has 0 aliphatic rings. The van der Waals surface area contributed by atoms with Crippen LogP contribution in [0, 0.1) is 11.3 Å². The van der Waals surface area contributed by atoms with Crippen LogP contribution in [-0.4, -0.2) is 16.6 Å². The summed E-state index contributed by atoms with van der Waals surface area (Å²) in [7, 11) is 0. The van der Waals surface area contributed by atoms with Gasteiger partial charge in [0, 0.05) is 5.56 Å². The lowest BCUT2D eigenvalue weighted by molar-refractivity contribution is -0.0503. The van der Waals surface area contributed by atoms with E-state index in [9.17, 15) is 8.78 Å². The molecule has 1 heterocycles. The maximum Gasteiger partial charge on any atom is 0.387 e. The lowest BCUT2D eigenvalue weighted by Crippen LogP contribution is -2.05. The number of hydrogen-bond acceptors (Lipinski definition) is 6. The SMILES string of the molecule is N#Cc1c(N)nc(N)nc1-c1ccc(OC(F)F)c(Br)c1. The van der Waals surface area contributed by atoms with Crippen LogP contribution in [0.25, 0.3) is 11.3 Å². The van der Waals surface area contributed by atoms with Crippen molar-refractivity contribution in [2.75, 3.05) is 11.5 Å². The minimum Gasteiger partial charge on any atom is -0.434 e. The van der Waals surface area contributed by atoms with Crippen molar-refractivity contribution in [3.8, 4) is 23.1 Å². The number of nitrogens with two attached hydrogens (primary N) is 2. The number of halogens is 3. The van der Waals surface area contributed by atoms with Crippen LogP contribution >= 0.6 is 15.9 Å². The molecule has 4 N–H and O–H groups in total. The first-order valence-electron chi connectivity index (χ1n) is 5.50. The van der Waals surface area contributed by atoms with Gasteiger partial charge in [-0.3, -0.25) is 0 Å². The predicted molar refractivity (Wildman–Crippen MR) is 75.3 cm³/mol. The largest absolute Gasteiger partial charge is 0.434 e. The molecule has 0 spiro atoms. The van der Waals surface area contributed by atoms with Crippen LogP contribution in [0.4, 0.5) is 20.5 Å². The van der Waals surface area contributed by atoms with Crippen molar-refractivity contribution in [1.82, 2.24) is 9.97 Å². The highest BCUT2D eigenvalue weighted by Crippen LogP contribution is 2.33. The monoisotopic (exact) mass is 355 g/mol. The number of aromatic nitrogens is 2. The van der Waals surface area contributed by atoms with Crippen LogP contribution in [0.3, 0.4) is 0 Å². The Balaban J connectivity index is 2.53. The van der Waals surface area contributed by atoms with E-state index >= 15 is 0 Å². The molecule has 0 saturated carbocycles. The van der Waals surface area contributed by atoms with Gasteiger partial charge in [0.25, 0.3) is 0 Å². The predicted octanol–water partition coefficient (Wildman–Crippen LogP) is 2.54. The van der Waals surface area contributed by atoms with E-state index in [4.69, 9.17) is 16.7 Å². The molecular weight excluding hydrogens is 348 g/mol. The van der Waals surface area contributed by atoms with Gasteiger partial charge in [-0.15, -0.1) is 0 Å². The Morgan fingerprint density at radius 2 is 2.00 bits per heavy atom. The van der Waals surface area contributed by atoms with Crippen LogP contribution in [0.1, 0.15) is 5.56 Å². The first-order chi connectivity index (χ1) is 9.92. The summed E-state index contributed by atoms with van der Waals surface area (Å²) in [4.78, 5) is 7.66. The third-order valence-electron chi connectivity index (χ3n) is 2.49. The van der Waals surface area contributed by atoms with E-state index in [-0.39, 0.29) is 33.2 Å². The topological polar surface area (TPSA) is 111 Å². The molecule has 1 aromatic heterocycles. The van der Waals surface area contributed by atoms with E-state index in [2.05, 4.69) is 30.6 Å². The fourth-order valence-electron chi connectivity index (χ4n) is 1.65. The Hall–Kier alpha value is -2.47. The van der Waals surface area contributed by atoms with Gasteiger partial charge in [-0.2, -0.15) is 19.0 Å². The minimum atomic E-state index is -2.94. The molecule has 2 aromatic rings. The van der Waals surface area contributed by atoms with Gasteiger partial charge in [-0.05, 0) is 34.1 Å². The van der Waals surface area contributed by atoms with E-state index in [1.807, 2.05) is 6.07 Å². The number of nitrogens with zero attached hydrogens (tertiary/aromatic N) is 3. The van der Waals surface area contributed by atoms with Gasteiger partial charge in [0.05, 0.1) is 10.2 Å². The van der Waals surface area contributed by atoms with Crippen molar-refractivity contribution < 1.29 is 13.5 Å². The minimum absolute atomic E-state index is 0.0396. The van der Waals surface area contributed by atoms with Crippen molar-refractivity contribution in [3.63, 3.8) is 0 Å². The van der Waals surface area contributed by atoms with Gasteiger partial charge in [0.15, 0.2) is 0 Å². The molecule has 9 heteroatoms. The molecule has 2 rings (SSSR count). The van der Waals surface area contributed by atoms with Crippen molar-refractivity contribution in [2.24, 2.45) is 0 Å². The van der Waals surface area contributed by atoms with Crippen LogP contribution in [-0.2, 0) is 0 Å². The molecule has 0 unspecified atom stereocenters. The highest BCUT2D eigenvalue weighted by Gasteiger charge is 2.15. The van der Waals surface area contributed by atoms with Crippen LogP contribution < -0.4 is 16.2 Å². The summed E-state index contributed by atoms with van der Waals surface area (Å²) in [5, 5.41) is 9.11. The Labute approximate surface area is 126 Å². The second kappa shape index (κ2) is 5.88. The van der Waals surface area contributed by atoms with Crippen molar-refractivity contribution in [2.45, 2.75) is 6.61 Å². The highest BCUT2D eigenvalue weighted by atomic mass is 79.9. The van der Waals surface area contributed by atoms with Gasteiger partial charge in [0.1, 0.15) is 23.2 Å². The number of anilines is 2. The molecular formula is C12H8BrF2N5O.